The number of carbonyl (C=O) groups excluding carboxylic acids is 2. The Labute approximate surface area is 175 Å². The van der Waals surface area contributed by atoms with Gasteiger partial charge in [0.15, 0.2) is 6.61 Å². The molecule has 1 N–H and O–H groups in total. The third kappa shape index (κ3) is 4.27. The first-order valence-corrected chi connectivity index (χ1v) is 9.74. The molecule has 1 aliphatic rings. The molecule has 0 spiro atoms. The average Bonchev–Trinajstić information content (AvgIpc) is 2.76. The summed E-state index contributed by atoms with van der Waals surface area (Å²) in [4.78, 5) is 26.6. The SMILES string of the molecule is Cc1ccccc1C(=O)Nc1ccc2c(c1)OCC(=O)N2CCOc1ccccc1. The quantitative estimate of drug-likeness (QED) is 0.675. The molecule has 0 unspecified atom stereocenters. The highest BCUT2D eigenvalue weighted by atomic mass is 16.5. The van der Waals surface area contributed by atoms with Gasteiger partial charge in [-0.05, 0) is 42.8 Å². The number of fused-ring (bicyclic) bond motifs is 1. The van der Waals surface area contributed by atoms with Crippen molar-refractivity contribution in [1.82, 2.24) is 0 Å². The monoisotopic (exact) mass is 402 g/mol. The molecule has 1 heterocycles. The van der Waals surface area contributed by atoms with E-state index in [0.717, 1.165) is 11.3 Å². The Morgan fingerprint density at radius 2 is 1.83 bits per heavy atom. The fourth-order valence-corrected chi connectivity index (χ4v) is 3.32. The summed E-state index contributed by atoms with van der Waals surface area (Å²) in [5, 5.41) is 2.89. The van der Waals surface area contributed by atoms with Crippen molar-refractivity contribution in [1.29, 1.82) is 0 Å². The van der Waals surface area contributed by atoms with E-state index in [0.29, 0.717) is 35.8 Å². The molecule has 6 nitrogen and oxygen atoms in total. The highest BCUT2D eigenvalue weighted by Gasteiger charge is 2.26. The maximum atomic E-state index is 12.6. The molecule has 1 aliphatic heterocycles. The van der Waals surface area contributed by atoms with E-state index in [-0.39, 0.29) is 18.4 Å². The van der Waals surface area contributed by atoms with Crippen LogP contribution in [0.15, 0.2) is 72.8 Å². The molecule has 152 valence electrons. The molecule has 0 atom stereocenters. The summed E-state index contributed by atoms with van der Waals surface area (Å²) in [6.45, 7) is 2.61. The van der Waals surface area contributed by atoms with Crippen molar-refractivity contribution in [3.63, 3.8) is 0 Å². The van der Waals surface area contributed by atoms with E-state index in [9.17, 15) is 9.59 Å². The number of nitrogens with zero attached hydrogens (tertiary/aromatic N) is 1. The summed E-state index contributed by atoms with van der Waals surface area (Å²) in [6, 6.07) is 22.2. The Balaban J connectivity index is 1.46. The lowest BCUT2D eigenvalue weighted by Crippen LogP contribution is -2.41. The van der Waals surface area contributed by atoms with Gasteiger partial charge in [-0.3, -0.25) is 9.59 Å². The molecular formula is C24H22N2O4. The van der Waals surface area contributed by atoms with Crippen LogP contribution in [0.1, 0.15) is 15.9 Å². The van der Waals surface area contributed by atoms with Crippen LogP contribution >= 0.6 is 0 Å². The minimum atomic E-state index is -0.187. The Hall–Kier alpha value is -3.80. The molecule has 3 aromatic carbocycles. The molecule has 0 saturated carbocycles. The van der Waals surface area contributed by atoms with E-state index < -0.39 is 0 Å². The highest BCUT2D eigenvalue weighted by molar-refractivity contribution is 6.06. The average molecular weight is 402 g/mol. The second-order valence-electron chi connectivity index (χ2n) is 6.95. The zero-order valence-electron chi connectivity index (χ0n) is 16.6. The topological polar surface area (TPSA) is 67.9 Å². The van der Waals surface area contributed by atoms with E-state index in [2.05, 4.69) is 5.32 Å². The van der Waals surface area contributed by atoms with Crippen LogP contribution in [0.2, 0.25) is 0 Å². The lowest BCUT2D eigenvalue weighted by molar-refractivity contribution is -0.121. The van der Waals surface area contributed by atoms with Crippen molar-refractivity contribution in [2.75, 3.05) is 30.0 Å². The molecule has 6 heteroatoms. The first-order valence-electron chi connectivity index (χ1n) is 9.74. The van der Waals surface area contributed by atoms with Gasteiger partial charge in [0.2, 0.25) is 0 Å². The molecule has 0 radical (unpaired) electrons. The van der Waals surface area contributed by atoms with Crippen molar-refractivity contribution in [3.8, 4) is 11.5 Å². The molecular weight excluding hydrogens is 380 g/mol. The van der Waals surface area contributed by atoms with Gasteiger partial charge in [0.05, 0.1) is 12.2 Å². The number of carbonyl (C=O) groups is 2. The predicted molar refractivity (Wildman–Crippen MR) is 115 cm³/mol. The van der Waals surface area contributed by atoms with Crippen LogP contribution in [0, 0.1) is 6.92 Å². The molecule has 4 rings (SSSR count). The van der Waals surface area contributed by atoms with E-state index in [4.69, 9.17) is 9.47 Å². The van der Waals surface area contributed by atoms with Gasteiger partial charge in [-0.2, -0.15) is 0 Å². The minimum absolute atomic E-state index is 0.0481. The summed E-state index contributed by atoms with van der Waals surface area (Å²) in [5.74, 6) is 0.994. The maximum Gasteiger partial charge on any atom is 0.265 e. The van der Waals surface area contributed by atoms with Gasteiger partial charge in [0, 0.05) is 17.3 Å². The normalized spacial score (nSPS) is 12.7. The van der Waals surface area contributed by atoms with Crippen molar-refractivity contribution in [2.24, 2.45) is 0 Å². The Kier molecular flexibility index (Phi) is 5.66. The summed E-state index contributed by atoms with van der Waals surface area (Å²) >= 11 is 0. The smallest absolute Gasteiger partial charge is 0.265 e. The maximum absolute atomic E-state index is 12.6. The lowest BCUT2D eigenvalue weighted by Gasteiger charge is -2.29. The number of benzene rings is 3. The van der Waals surface area contributed by atoms with E-state index >= 15 is 0 Å². The van der Waals surface area contributed by atoms with Gasteiger partial charge >= 0.3 is 0 Å². The lowest BCUT2D eigenvalue weighted by atomic mass is 10.1. The van der Waals surface area contributed by atoms with E-state index in [1.807, 2.05) is 55.5 Å². The van der Waals surface area contributed by atoms with Gasteiger partial charge in [-0.15, -0.1) is 0 Å². The zero-order valence-corrected chi connectivity index (χ0v) is 16.6. The summed E-state index contributed by atoms with van der Waals surface area (Å²) in [6.07, 6.45) is 0. The van der Waals surface area contributed by atoms with E-state index in [1.165, 1.54) is 0 Å². The van der Waals surface area contributed by atoms with Crippen molar-refractivity contribution in [3.05, 3.63) is 83.9 Å². The molecule has 3 aromatic rings. The molecule has 0 fully saturated rings. The second kappa shape index (κ2) is 8.69. The van der Waals surface area contributed by atoms with Crippen LogP contribution in [-0.4, -0.2) is 31.6 Å². The van der Waals surface area contributed by atoms with Gasteiger partial charge in [-0.1, -0.05) is 36.4 Å². The number of amides is 2. The fraction of sp³-hybridized carbons (Fsp3) is 0.167. The number of ether oxygens (including phenoxy) is 2. The van der Waals surface area contributed by atoms with Crippen LogP contribution in [0.25, 0.3) is 0 Å². The minimum Gasteiger partial charge on any atom is -0.492 e. The van der Waals surface area contributed by atoms with Gasteiger partial charge in [-0.25, -0.2) is 0 Å². The fourth-order valence-electron chi connectivity index (χ4n) is 3.32. The largest absolute Gasteiger partial charge is 0.492 e. The van der Waals surface area contributed by atoms with Crippen LogP contribution in [-0.2, 0) is 4.79 Å². The summed E-state index contributed by atoms with van der Waals surface area (Å²) in [5.41, 5.74) is 2.79. The highest BCUT2D eigenvalue weighted by Crippen LogP contribution is 2.34. The zero-order chi connectivity index (χ0) is 20.9. The number of para-hydroxylation sites is 1. The van der Waals surface area contributed by atoms with Crippen molar-refractivity contribution < 1.29 is 19.1 Å². The Bertz CT molecular complexity index is 1070. The standard InChI is InChI=1S/C24H22N2O4/c1-17-7-5-6-10-20(17)24(28)25-18-11-12-21-22(15-18)30-16-23(27)26(21)13-14-29-19-8-3-2-4-9-19/h2-12,15H,13-14,16H2,1H3,(H,25,28). The van der Waals surface area contributed by atoms with Crippen LogP contribution in [0.4, 0.5) is 11.4 Å². The van der Waals surface area contributed by atoms with Gasteiger partial charge in [0.25, 0.3) is 11.8 Å². The third-order valence-electron chi connectivity index (χ3n) is 4.88. The first kappa shape index (κ1) is 19.5. The molecule has 2 amide bonds. The molecule has 0 saturated heterocycles. The van der Waals surface area contributed by atoms with Gasteiger partial charge in [0.1, 0.15) is 18.1 Å². The Morgan fingerprint density at radius 3 is 2.63 bits per heavy atom. The first-order chi connectivity index (χ1) is 14.6. The number of hydrogen-bond acceptors (Lipinski definition) is 4. The Morgan fingerprint density at radius 1 is 1.07 bits per heavy atom. The van der Waals surface area contributed by atoms with Crippen LogP contribution in [0.5, 0.6) is 11.5 Å². The third-order valence-corrected chi connectivity index (χ3v) is 4.88. The predicted octanol–water partition coefficient (Wildman–Crippen LogP) is 4.05. The van der Waals surface area contributed by atoms with Crippen molar-refractivity contribution >= 4 is 23.2 Å². The summed E-state index contributed by atoms with van der Waals surface area (Å²) in [7, 11) is 0. The van der Waals surface area contributed by atoms with Gasteiger partial charge < -0.3 is 19.7 Å². The van der Waals surface area contributed by atoms with Crippen LogP contribution < -0.4 is 19.7 Å². The van der Waals surface area contributed by atoms with E-state index in [1.54, 1.807) is 29.2 Å². The van der Waals surface area contributed by atoms with Crippen molar-refractivity contribution in [2.45, 2.75) is 6.92 Å². The molecule has 0 bridgehead atoms. The summed E-state index contributed by atoms with van der Waals surface area (Å²) < 4.78 is 11.3. The molecule has 0 aliphatic carbocycles. The van der Waals surface area contributed by atoms with Crippen LogP contribution in [0.3, 0.4) is 0 Å². The molecule has 30 heavy (non-hydrogen) atoms. The number of aryl methyl sites for hydroxylation is 1. The number of hydrogen-bond donors (Lipinski definition) is 1. The number of rotatable bonds is 6. The second-order valence-corrected chi connectivity index (χ2v) is 6.95. The molecule has 0 aromatic heterocycles. The number of anilines is 2. The number of nitrogens with one attached hydrogen (secondary N) is 1.